The zero-order valence-corrected chi connectivity index (χ0v) is 18.4. The van der Waals surface area contributed by atoms with E-state index < -0.39 is 11.8 Å². The molecule has 0 saturated carbocycles. The van der Waals surface area contributed by atoms with Gasteiger partial charge in [-0.3, -0.25) is 15.0 Å². The van der Waals surface area contributed by atoms with E-state index in [0.29, 0.717) is 14.8 Å². The molecule has 2 aromatic carbocycles. The first-order chi connectivity index (χ1) is 11.4. The Labute approximate surface area is 178 Å². The third kappa shape index (κ3) is 3.54. The lowest BCUT2D eigenvalue weighted by atomic mass is 10.1. The number of nitrogens with one attached hydrogen (secondary N) is 1. The second-order valence-corrected chi connectivity index (χ2v) is 8.59. The normalized spacial score (nSPS) is 16.0. The number of carbonyl (C=O) groups is 2. The number of rotatable bonds is 2. The molecule has 5 nitrogen and oxygen atoms in total. The lowest BCUT2D eigenvalue weighted by molar-refractivity contribution is -0.117. The predicted octanol–water partition coefficient (Wildman–Crippen LogP) is 3.67. The molecule has 0 unspecified atom stereocenters. The fourth-order valence-corrected chi connectivity index (χ4v) is 4.43. The van der Waals surface area contributed by atoms with Crippen LogP contribution in [-0.4, -0.2) is 16.9 Å². The van der Waals surface area contributed by atoms with Gasteiger partial charge in [-0.25, -0.2) is 5.01 Å². The highest BCUT2D eigenvalue weighted by Gasteiger charge is 2.34. The van der Waals surface area contributed by atoms with Crippen molar-refractivity contribution >= 4 is 91.4 Å². The average Bonchev–Trinajstić information content (AvgIpc) is 2.81. The number of aromatic hydroxyl groups is 1. The summed E-state index contributed by atoms with van der Waals surface area (Å²) in [6.07, 6.45) is 1.42. The molecule has 24 heavy (non-hydrogen) atoms. The summed E-state index contributed by atoms with van der Waals surface area (Å²) in [4.78, 5) is 24.8. The Kier molecular flexibility index (Phi) is 5.34. The molecule has 2 aromatic rings. The Morgan fingerprint density at radius 1 is 1.00 bits per heavy atom. The van der Waals surface area contributed by atoms with Crippen LogP contribution in [0.4, 0.5) is 5.69 Å². The second-order valence-electron chi connectivity index (χ2n) is 4.94. The fraction of sp³-hybridized carbons (Fsp3) is 0. The average molecular weight is 658 g/mol. The summed E-state index contributed by atoms with van der Waals surface area (Å²) in [6.45, 7) is 0. The molecule has 0 radical (unpaired) electrons. The maximum absolute atomic E-state index is 12.6. The first-order valence-electron chi connectivity index (χ1n) is 6.67. The third-order valence-electron chi connectivity index (χ3n) is 3.33. The molecule has 0 aromatic heterocycles. The van der Waals surface area contributed by atoms with E-state index in [1.165, 1.54) is 11.1 Å². The summed E-state index contributed by atoms with van der Waals surface area (Å²) in [7, 11) is 0. The molecule has 122 valence electrons. The largest absolute Gasteiger partial charge is 0.506 e. The van der Waals surface area contributed by atoms with Crippen molar-refractivity contribution in [1.29, 1.82) is 0 Å². The molecule has 0 spiro atoms. The first kappa shape index (κ1) is 17.9. The van der Waals surface area contributed by atoms with Crippen LogP contribution in [0.25, 0.3) is 6.08 Å². The van der Waals surface area contributed by atoms with Crippen LogP contribution >= 0.6 is 67.8 Å². The quantitative estimate of drug-likeness (QED) is 0.295. The van der Waals surface area contributed by atoms with Gasteiger partial charge in [0.2, 0.25) is 0 Å². The van der Waals surface area contributed by atoms with E-state index in [2.05, 4.69) is 50.6 Å². The number of hydrogen-bond acceptors (Lipinski definition) is 3. The van der Waals surface area contributed by atoms with Crippen LogP contribution in [0.2, 0.25) is 0 Å². The highest BCUT2D eigenvalue weighted by Crippen LogP contribution is 2.30. The van der Waals surface area contributed by atoms with E-state index in [4.69, 9.17) is 0 Å². The Bertz CT molecular complexity index is 879. The van der Waals surface area contributed by atoms with Gasteiger partial charge >= 0.3 is 0 Å². The van der Waals surface area contributed by atoms with E-state index in [1.807, 2.05) is 40.8 Å². The molecule has 0 aliphatic carbocycles. The fourth-order valence-electron chi connectivity index (χ4n) is 2.18. The van der Waals surface area contributed by atoms with E-state index in [-0.39, 0.29) is 11.3 Å². The zero-order valence-electron chi connectivity index (χ0n) is 11.9. The van der Waals surface area contributed by atoms with Gasteiger partial charge in [0, 0.05) is 12.7 Å². The zero-order chi connectivity index (χ0) is 17.4. The summed E-state index contributed by atoms with van der Waals surface area (Å²) < 4.78 is 2.59. The van der Waals surface area contributed by atoms with Crippen molar-refractivity contribution in [2.75, 3.05) is 5.01 Å². The molecule has 0 bridgehead atoms. The van der Waals surface area contributed by atoms with Crippen molar-refractivity contribution in [2.24, 2.45) is 0 Å². The van der Waals surface area contributed by atoms with Gasteiger partial charge in [0.05, 0.1) is 9.26 Å². The van der Waals surface area contributed by atoms with Crippen LogP contribution < -0.4 is 10.4 Å². The number of amides is 2. The smallest absolute Gasteiger partial charge is 0.282 e. The lowest BCUT2D eigenvalue weighted by Gasteiger charge is -2.14. The number of hydrogen-bond donors (Lipinski definition) is 2. The van der Waals surface area contributed by atoms with Crippen molar-refractivity contribution in [3.05, 3.63) is 58.2 Å². The summed E-state index contributed by atoms with van der Waals surface area (Å²) in [6, 6.07) is 10.8. The number of benzene rings is 2. The summed E-state index contributed by atoms with van der Waals surface area (Å²) in [5.41, 5.74) is 3.56. The molecular formula is C16H9I3N2O3. The van der Waals surface area contributed by atoms with Gasteiger partial charge < -0.3 is 5.11 Å². The maximum Gasteiger partial charge on any atom is 0.282 e. The third-order valence-corrected chi connectivity index (χ3v) is 5.50. The van der Waals surface area contributed by atoms with Crippen LogP contribution in [0.3, 0.4) is 0 Å². The minimum Gasteiger partial charge on any atom is -0.506 e. The minimum atomic E-state index is -0.494. The SMILES string of the molecule is O=C1NN(c2ccc(I)cc2)C(=O)/C1=C\c1cc(I)cc(I)c1O. The molecule has 3 rings (SSSR count). The van der Waals surface area contributed by atoms with Crippen molar-refractivity contribution in [3.8, 4) is 5.75 Å². The van der Waals surface area contributed by atoms with Gasteiger partial charge in [-0.2, -0.15) is 0 Å². The topological polar surface area (TPSA) is 69.6 Å². The Morgan fingerprint density at radius 2 is 1.67 bits per heavy atom. The van der Waals surface area contributed by atoms with E-state index in [9.17, 15) is 14.7 Å². The number of anilines is 1. The highest BCUT2D eigenvalue weighted by molar-refractivity contribution is 14.1. The molecule has 2 amide bonds. The van der Waals surface area contributed by atoms with Crippen LogP contribution in [0.1, 0.15) is 5.56 Å². The van der Waals surface area contributed by atoms with E-state index >= 15 is 0 Å². The van der Waals surface area contributed by atoms with E-state index in [0.717, 1.165) is 7.14 Å². The molecule has 8 heteroatoms. The number of halogens is 3. The molecule has 1 heterocycles. The maximum atomic E-state index is 12.6. The minimum absolute atomic E-state index is 0.0124. The molecule has 1 aliphatic rings. The summed E-state index contributed by atoms with van der Waals surface area (Å²) in [5.74, 6) is -0.891. The Morgan fingerprint density at radius 3 is 2.33 bits per heavy atom. The monoisotopic (exact) mass is 658 g/mol. The second kappa shape index (κ2) is 7.15. The highest BCUT2D eigenvalue weighted by atomic mass is 127. The van der Waals surface area contributed by atoms with E-state index in [1.54, 1.807) is 18.2 Å². The number of phenolic OH excluding ortho intramolecular Hbond substituents is 1. The molecule has 2 N–H and O–H groups in total. The number of carbonyl (C=O) groups excluding carboxylic acids is 2. The van der Waals surface area contributed by atoms with Crippen LogP contribution in [0.5, 0.6) is 5.75 Å². The number of nitrogens with zero attached hydrogens (tertiary/aromatic N) is 1. The molecule has 1 aliphatic heterocycles. The Hall–Kier alpha value is -0.890. The van der Waals surface area contributed by atoms with Crippen molar-refractivity contribution in [3.63, 3.8) is 0 Å². The van der Waals surface area contributed by atoms with Gasteiger partial charge in [0.15, 0.2) is 0 Å². The molecule has 0 atom stereocenters. The molecule has 1 saturated heterocycles. The van der Waals surface area contributed by atoms with Crippen LogP contribution in [0, 0.1) is 10.7 Å². The molecular weight excluding hydrogens is 649 g/mol. The Balaban J connectivity index is 1.99. The van der Waals surface area contributed by atoms with Gasteiger partial charge in [-0.15, -0.1) is 0 Å². The standard InChI is InChI=1S/C16H9I3N2O3/c17-9-1-3-11(4-2-9)21-16(24)12(15(23)20-21)6-8-5-10(18)7-13(19)14(8)22/h1-7,22H,(H,20,23)/b12-6-. The van der Waals surface area contributed by atoms with Crippen molar-refractivity contribution in [1.82, 2.24) is 5.43 Å². The van der Waals surface area contributed by atoms with Crippen LogP contribution in [-0.2, 0) is 9.59 Å². The predicted molar refractivity (Wildman–Crippen MR) is 116 cm³/mol. The number of phenols is 1. The van der Waals surface area contributed by atoms with Gasteiger partial charge in [-0.05, 0) is 110 Å². The van der Waals surface area contributed by atoms with Gasteiger partial charge in [0.25, 0.3) is 11.8 Å². The van der Waals surface area contributed by atoms with Crippen LogP contribution in [0.15, 0.2) is 42.0 Å². The van der Waals surface area contributed by atoms with Gasteiger partial charge in [0.1, 0.15) is 11.3 Å². The number of hydrazine groups is 1. The van der Waals surface area contributed by atoms with Gasteiger partial charge in [-0.1, -0.05) is 0 Å². The summed E-state index contributed by atoms with van der Waals surface area (Å²) >= 11 is 6.29. The molecule has 1 fully saturated rings. The van der Waals surface area contributed by atoms with Crippen molar-refractivity contribution in [2.45, 2.75) is 0 Å². The lowest BCUT2D eigenvalue weighted by Crippen LogP contribution is -2.35. The van der Waals surface area contributed by atoms with Crippen molar-refractivity contribution < 1.29 is 14.7 Å². The summed E-state index contributed by atoms with van der Waals surface area (Å²) in [5, 5.41) is 11.4. The first-order valence-corrected chi connectivity index (χ1v) is 9.91.